The fraction of sp³-hybridized carbons (Fsp3) is 0.750. The highest BCUT2D eigenvalue weighted by molar-refractivity contribution is 7.11. The molecule has 3 nitrogen and oxygen atoms in total. The van der Waals surface area contributed by atoms with E-state index in [2.05, 4.69) is 36.2 Å². The average molecular weight is 296 g/mol. The van der Waals surface area contributed by atoms with Crippen LogP contribution in [0.2, 0.25) is 0 Å². The van der Waals surface area contributed by atoms with E-state index in [1.165, 1.54) is 29.0 Å². The maximum atomic E-state index is 5.23. The van der Waals surface area contributed by atoms with Crippen LogP contribution in [0.5, 0.6) is 0 Å². The van der Waals surface area contributed by atoms with E-state index < -0.39 is 0 Å². The molecule has 0 aromatic carbocycles. The van der Waals surface area contributed by atoms with E-state index in [9.17, 15) is 0 Å². The van der Waals surface area contributed by atoms with Crippen LogP contribution in [0.25, 0.3) is 0 Å². The number of ether oxygens (including phenoxy) is 1. The molecule has 4 heteroatoms. The van der Waals surface area contributed by atoms with Crippen LogP contribution < -0.4 is 5.32 Å². The van der Waals surface area contributed by atoms with Gasteiger partial charge in [-0.1, -0.05) is 6.92 Å². The molecule has 0 amide bonds. The summed E-state index contributed by atoms with van der Waals surface area (Å²) in [6, 6.07) is 5.97. The number of methoxy groups -OCH3 is 1. The average Bonchev–Trinajstić information content (AvgIpc) is 3.19. The summed E-state index contributed by atoms with van der Waals surface area (Å²) in [5.74, 6) is 0. The summed E-state index contributed by atoms with van der Waals surface area (Å²) in [5, 5.41) is 3.58. The van der Waals surface area contributed by atoms with E-state index in [4.69, 9.17) is 4.74 Å². The van der Waals surface area contributed by atoms with Crippen molar-refractivity contribution in [1.29, 1.82) is 0 Å². The zero-order valence-electron chi connectivity index (χ0n) is 13.0. The Morgan fingerprint density at radius 2 is 2.15 bits per heavy atom. The number of thiophene rings is 1. The molecule has 1 unspecified atom stereocenters. The van der Waals surface area contributed by atoms with E-state index in [1.807, 2.05) is 11.3 Å². The first-order valence-corrected chi connectivity index (χ1v) is 8.58. The van der Waals surface area contributed by atoms with Gasteiger partial charge in [0.2, 0.25) is 0 Å². The Bertz CT molecular complexity index is 390. The second-order valence-corrected chi connectivity index (χ2v) is 7.00. The Morgan fingerprint density at radius 3 is 2.80 bits per heavy atom. The topological polar surface area (TPSA) is 24.5 Å². The van der Waals surface area contributed by atoms with Gasteiger partial charge >= 0.3 is 0 Å². The number of nitrogens with zero attached hydrogens (tertiary/aromatic N) is 1. The maximum absolute atomic E-state index is 5.23. The summed E-state index contributed by atoms with van der Waals surface area (Å²) in [5.41, 5.74) is 0. The van der Waals surface area contributed by atoms with Crippen LogP contribution in [0.3, 0.4) is 0 Å². The van der Waals surface area contributed by atoms with Gasteiger partial charge in [-0.2, -0.15) is 0 Å². The van der Waals surface area contributed by atoms with E-state index in [-0.39, 0.29) is 0 Å². The van der Waals surface area contributed by atoms with Crippen molar-refractivity contribution in [3.63, 3.8) is 0 Å². The van der Waals surface area contributed by atoms with E-state index in [0.717, 1.165) is 32.3 Å². The van der Waals surface area contributed by atoms with Crippen LogP contribution in [0.4, 0.5) is 0 Å². The molecule has 0 bridgehead atoms. The Kier molecular flexibility index (Phi) is 6.49. The van der Waals surface area contributed by atoms with Gasteiger partial charge in [-0.3, -0.25) is 4.90 Å². The first-order valence-electron chi connectivity index (χ1n) is 7.77. The summed E-state index contributed by atoms with van der Waals surface area (Å²) in [6.45, 7) is 8.47. The van der Waals surface area contributed by atoms with Crippen molar-refractivity contribution in [2.45, 2.75) is 58.3 Å². The SMILES string of the molecule is CCC(C)N(CCOC)Cc1ccc(CNC2CC2)s1. The van der Waals surface area contributed by atoms with Crippen LogP contribution in [0.15, 0.2) is 12.1 Å². The van der Waals surface area contributed by atoms with E-state index >= 15 is 0 Å². The summed E-state index contributed by atoms with van der Waals surface area (Å²) in [7, 11) is 1.78. The van der Waals surface area contributed by atoms with Gasteiger partial charge in [0.15, 0.2) is 0 Å². The van der Waals surface area contributed by atoms with Gasteiger partial charge in [0.05, 0.1) is 6.61 Å². The van der Waals surface area contributed by atoms with Gasteiger partial charge in [0, 0.05) is 48.6 Å². The molecule has 1 atom stereocenters. The number of rotatable bonds is 10. The van der Waals surface area contributed by atoms with Crippen molar-refractivity contribution in [3.05, 3.63) is 21.9 Å². The van der Waals surface area contributed by atoms with Gasteiger partial charge in [0.25, 0.3) is 0 Å². The molecular weight excluding hydrogens is 268 g/mol. The van der Waals surface area contributed by atoms with Crippen molar-refractivity contribution in [2.75, 3.05) is 20.3 Å². The smallest absolute Gasteiger partial charge is 0.0589 e. The van der Waals surface area contributed by atoms with Gasteiger partial charge in [-0.15, -0.1) is 11.3 Å². The quantitative estimate of drug-likeness (QED) is 0.717. The van der Waals surface area contributed by atoms with Gasteiger partial charge in [0.1, 0.15) is 0 Å². The summed E-state index contributed by atoms with van der Waals surface area (Å²) >= 11 is 1.95. The second-order valence-electron chi connectivity index (χ2n) is 5.74. The van der Waals surface area contributed by atoms with Crippen molar-refractivity contribution in [3.8, 4) is 0 Å². The maximum Gasteiger partial charge on any atom is 0.0589 e. The minimum Gasteiger partial charge on any atom is -0.383 e. The van der Waals surface area contributed by atoms with Gasteiger partial charge < -0.3 is 10.1 Å². The molecule has 1 saturated carbocycles. The second kappa shape index (κ2) is 8.13. The van der Waals surface area contributed by atoms with Crippen LogP contribution in [0, 0.1) is 0 Å². The first kappa shape index (κ1) is 16.0. The fourth-order valence-corrected chi connectivity index (χ4v) is 3.25. The molecule has 0 aliphatic heterocycles. The fourth-order valence-electron chi connectivity index (χ4n) is 2.26. The standard InChI is InChI=1S/C16H28N2OS/c1-4-13(2)18(9-10-19-3)12-16-8-7-15(20-16)11-17-14-5-6-14/h7-8,13-14,17H,4-6,9-12H2,1-3H3. The monoisotopic (exact) mass is 296 g/mol. The summed E-state index contributed by atoms with van der Waals surface area (Å²) in [4.78, 5) is 5.45. The Labute approximate surface area is 127 Å². The van der Waals surface area contributed by atoms with Crippen LogP contribution in [-0.4, -0.2) is 37.2 Å². The lowest BCUT2D eigenvalue weighted by atomic mass is 10.2. The van der Waals surface area contributed by atoms with Crippen LogP contribution in [0.1, 0.15) is 42.9 Å². The van der Waals surface area contributed by atoms with Gasteiger partial charge in [-0.25, -0.2) is 0 Å². The molecule has 1 aliphatic carbocycles. The molecule has 0 radical (unpaired) electrons. The highest BCUT2D eigenvalue weighted by atomic mass is 32.1. The molecule has 1 N–H and O–H groups in total. The van der Waals surface area contributed by atoms with Crippen molar-refractivity contribution in [2.24, 2.45) is 0 Å². The predicted molar refractivity (Wildman–Crippen MR) is 86.2 cm³/mol. The van der Waals surface area contributed by atoms with Crippen LogP contribution in [-0.2, 0) is 17.8 Å². The lowest BCUT2D eigenvalue weighted by molar-refractivity contribution is 0.119. The zero-order chi connectivity index (χ0) is 14.4. The Morgan fingerprint density at radius 1 is 1.40 bits per heavy atom. The van der Waals surface area contributed by atoms with Gasteiger partial charge in [-0.05, 0) is 38.3 Å². The Hall–Kier alpha value is -0.420. The van der Waals surface area contributed by atoms with Crippen molar-refractivity contribution < 1.29 is 4.74 Å². The molecule has 1 fully saturated rings. The van der Waals surface area contributed by atoms with Crippen LogP contribution >= 0.6 is 11.3 Å². The molecule has 1 aromatic rings. The summed E-state index contributed by atoms with van der Waals surface area (Å²) in [6.07, 6.45) is 3.90. The largest absolute Gasteiger partial charge is 0.383 e. The molecule has 2 rings (SSSR count). The lowest BCUT2D eigenvalue weighted by Gasteiger charge is -2.27. The lowest BCUT2D eigenvalue weighted by Crippen LogP contribution is -2.34. The van der Waals surface area contributed by atoms with E-state index in [1.54, 1.807) is 7.11 Å². The molecule has 1 aromatic heterocycles. The minimum absolute atomic E-state index is 0.611. The zero-order valence-corrected chi connectivity index (χ0v) is 13.8. The summed E-state index contributed by atoms with van der Waals surface area (Å²) < 4.78 is 5.23. The first-order chi connectivity index (χ1) is 9.72. The molecular formula is C16H28N2OS. The van der Waals surface area contributed by atoms with Crippen molar-refractivity contribution in [1.82, 2.24) is 10.2 Å². The molecule has 1 heterocycles. The third-order valence-electron chi connectivity index (χ3n) is 4.02. The molecule has 1 aliphatic rings. The number of hydrogen-bond donors (Lipinski definition) is 1. The third kappa shape index (κ3) is 5.17. The Balaban J connectivity index is 1.84. The van der Waals surface area contributed by atoms with E-state index in [0.29, 0.717) is 6.04 Å². The highest BCUT2D eigenvalue weighted by Crippen LogP contribution is 2.23. The molecule has 0 spiro atoms. The minimum atomic E-state index is 0.611. The van der Waals surface area contributed by atoms with Crippen molar-refractivity contribution >= 4 is 11.3 Å². The highest BCUT2D eigenvalue weighted by Gasteiger charge is 2.20. The molecule has 114 valence electrons. The number of hydrogen-bond acceptors (Lipinski definition) is 4. The normalized spacial score (nSPS) is 16.8. The third-order valence-corrected chi connectivity index (χ3v) is 5.09. The predicted octanol–water partition coefficient (Wildman–Crippen LogP) is 3.25. The molecule has 0 saturated heterocycles. The number of nitrogens with one attached hydrogen (secondary N) is 1. The molecule has 20 heavy (non-hydrogen) atoms.